The Morgan fingerprint density at radius 1 is 1.05 bits per heavy atom. The molecule has 20 heavy (non-hydrogen) atoms. The maximum absolute atomic E-state index is 5.47. The molecular formula is C16H19ClN2O. The van der Waals surface area contributed by atoms with Crippen molar-refractivity contribution < 1.29 is 4.74 Å². The van der Waals surface area contributed by atoms with Gasteiger partial charge in [0.15, 0.2) is 0 Å². The van der Waals surface area contributed by atoms with Crippen molar-refractivity contribution in [2.75, 3.05) is 19.7 Å². The van der Waals surface area contributed by atoms with Crippen LogP contribution in [0.25, 0.3) is 6.08 Å². The SMILES string of the molecule is C(=Cc1ccccc1)CNCCOc1ccccn1.Cl. The number of hydrogen-bond acceptors (Lipinski definition) is 3. The fourth-order valence-corrected chi connectivity index (χ4v) is 1.60. The molecule has 2 rings (SSSR count). The van der Waals surface area contributed by atoms with Crippen LogP contribution in [0.1, 0.15) is 5.56 Å². The molecule has 0 aliphatic carbocycles. The molecule has 2 aromatic rings. The molecular weight excluding hydrogens is 272 g/mol. The number of nitrogens with one attached hydrogen (secondary N) is 1. The highest BCUT2D eigenvalue weighted by Crippen LogP contribution is 2.02. The summed E-state index contributed by atoms with van der Waals surface area (Å²) < 4.78 is 5.47. The molecule has 0 aliphatic heterocycles. The van der Waals surface area contributed by atoms with Crippen molar-refractivity contribution in [1.82, 2.24) is 10.3 Å². The van der Waals surface area contributed by atoms with Crippen molar-refractivity contribution in [3.8, 4) is 5.88 Å². The second-order valence-corrected chi connectivity index (χ2v) is 4.03. The lowest BCUT2D eigenvalue weighted by atomic mass is 10.2. The predicted molar refractivity (Wildman–Crippen MR) is 85.3 cm³/mol. The molecule has 0 atom stereocenters. The normalized spacial score (nSPS) is 10.2. The van der Waals surface area contributed by atoms with Gasteiger partial charge in [-0.25, -0.2) is 4.98 Å². The first-order valence-electron chi connectivity index (χ1n) is 6.41. The first kappa shape index (κ1) is 16.2. The van der Waals surface area contributed by atoms with Crippen LogP contribution in [-0.2, 0) is 0 Å². The van der Waals surface area contributed by atoms with Gasteiger partial charge in [-0.1, -0.05) is 48.6 Å². The molecule has 0 spiro atoms. The van der Waals surface area contributed by atoms with E-state index in [4.69, 9.17) is 4.74 Å². The zero-order valence-electron chi connectivity index (χ0n) is 11.2. The van der Waals surface area contributed by atoms with Crippen molar-refractivity contribution in [3.05, 3.63) is 66.4 Å². The highest BCUT2D eigenvalue weighted by molar-refractivity contribution is 5.85. The summed E-state index contributed by atoms with van der Waals surface area (Å²) in [6, 6.07) is 15.9. The minimum Gasteiger partial charge on any atom is -0.476 e. The largest absolute Gasteiger partial charge is 0.476 e. The van der Waals surface area contributed by atoms with Crippen molar-refractivity contribution in [2.45, 2.75) is 0 Å². The number of hydrogen-bond donors (Lipinski definition) is 1. The topological polar surface area (TPSA) is 34.1 Å². The van der Waals surface area contributed by atoms with E-state index < -0.39 is 0 Å². The van der Waals surface area contributed by atoms with Crippen LogP contribution in [0.4, 0.5) is 0 Å². The molecule has 1 aromatic carbocycles. The Kier molecular flexibility index (Phi) is 8.11. The van der Waals surface area contributed by atoms with Gasteiger partial charge in [0.25, 0.3) is 0 Å². The van der Waals surface area contributed by atoms with Gasteiger partial charge >= 0.3 is 0 Å². The third-order valence-corrected chi connectivity index (χ3v) is 2.54. The third-order valence-electron chi connectivity index (χ3n) is 2.54. The molecule has 1 heterocycles. The molecule has 0 saturated carbocycles. The zero-order valence-corrected chi connectivity index (χ0v) is 12.1. The number of ether oxygens (including phenoxy) is 1. The van der Waals surface area contributed by atoms with Crippen molar-refractivity contribution in [1.29, 1.82) is 0 Å². The number of halogens is 1. The smallest absolute Gasteiger partial charge is 0.213 e. The van der Waals surface area contributed by atoms with E-state index in [1.54, 1.807) is 6.20 Å². The van der Waals surface area contributed by atoms with E-state index >= 15 is 0 Å². The lowest BCUT2D eigenvalue weighted by molar-refractivity contribution is 0.304. The van der Waals surface area contributed by atoms with E-state index in [-0.39, 0.29) is 12.4 Å². The Hall–Kier alpha value is -1.84. The van der Waals surface area contributed by atoms with Crippen LogP contribution in [0, 0.1) is 0 Å². The van der Waals surface area contributed by atoms with Crippen LogP contribution in [0.3, 0.4) is 0 Å². The minimum atomic E-state index is 0. The number of rotatable bonds is 7. The highest BCUT2D eigenvalue weighted by atomic mass is 35.5. The van der Waals surface area contributed by atoms with Crippen LogP contribution in [0.15, 0.2) is 60.8 Å². The Balaban J connectivity index is 0.00000200. The molecule has 1 N–H and O–H groups in total. The first-order valence-corrected chi connectivity index (χ1v) is 6.41. The molecule has 0 aliphatic rings. The van der Waals surface area contributed by atoms with Gasteiger partial charge in [0.1, 0.15) is 6.61 Å². The lowest BCUT2D eigenvalue weighted by Crippen LogP contribution is -2.21. The predicted octanol–water partition coefficient (Wildman–Crippen LogP) is 3.19. The molecule has 0 radical (unpaired) electrons. The number of nitrogens with zero attached hydrogens (tertiary/aromatic N) is 1. The van der Waals surface area contributed by atoms with Crippen LogP contribution in [0.5, 0.6) is 5.88 Å². The summed E-state index contributed by atoms with van der Waals surface area (Å²) >= 11 is 0. The summed E-state index contributed by atoms with van der Waals surface area (Å²) in [7, 11) is 0. The summed E-state index contributed by atoms with van der Waals surface area (Å²) in [4.78, 5) is 4.09. The van der Waals surface area contributed by atoms with Gasteiger partial charge < -0.3 is 10.1 Å². The first-order chi connectivity index (χ1) is 9.45. The van der Waals surface area contributed by atoms with E-state index in [0.717, 1.165) is 13.1 Å². The van der Waals surface area contributed by atoms with E-state index in [0.29, 0.717) is 12.5 Å². The van der Waals surface area contributed by atoms with Crippen LogP contribution >= 0.6 is 12.4 Å². The van der Waals surface area contributed by atoms with Crippen molar-refractivity contribution in [3.63, 3.8) is 0 Å². The average Bonchev–Trinajstić information content (AvgIpc) is 2.48. The van der Waals surface area contributed by atoms with Gasteiger partial charge in [-0.05, 0) is 11.6 Å². The molecule has 0 bridgehead atoms. The molecule has 1 aromatic heterocycles. The molecule has 0 amide bonds. The van der Waals surface area contributed by atoms with Gasteiger partial charge in [0.2, 0.25) is 5.88 Å². The zero-order chi connectivity index (χ0) is 13.2. The average molecular weight is 291 g/mol. The Morgan fingerprint density at radius 3 is 2.60 bits per heavy atom. The van der Waals surface area contributed by atoms with Crippen LogP contribution in [-0.4, -0.2) is 24.7 Å². The fraction of sp³-hybridized carbons (Fsp3) is 0.188. The van der Waals surface area contributed by atoms with Gasteiger partial charge in [-0.3, -0.25) is 0 Å². The van der Waals surface area contributed by atoms with E-state index in [1.165, 1.54) is 5.56 Å². The van der Waals surface area contributed by atoms with Crippen LogP contribution < -0.4 is 10.1 Å². The fourth-order valence-electron chi connectivity index (χ4n) is 1.60. The summed E-state index contributed by atoms with van der Waals surface area (Å²) in [5, 5.41) is 3.29. The minimum absolute atomic E-state index is 0. The van der Waals surface area contributed by atoms with Crippen LogP contribution in [0.2, 0.25) is 0 Å². The summed E-state index contributed by atoms with van der Waals surface area (Å²) in [5.74, 6) is 0.670. The monoisotopic (exact) mass is 290 g/mol. The highest BCUT2D eigenvalue weighted by Gasteiger charge is 1.91. The van der Waals surface area contributed by atoms with E-state index in [1.807, 2.05) is 36.4 Å². The number of pyridine rings is 1. The molecule has 4 heteroatoms. The second-order valence-electron chi connectivity index (χ2n) is 4.03. The molecule has 0 saturated heterocycles. The standard InChI is InChI=1S/C16H18N2O.ClH/c1-2-7-15(8-3-1)9-6-11-17-13-14-19-16-10-4-5-12-18-16;/h1-10,12,17H,11,13-14H2;1H. The number of benzene rings is 1. The Morgan fingerprint density at radius 2 is 1.85 bits per heavy atom. The van der Waals surface area contributed by atoms with E-state index in [2.05, 4.69) is 34.6 Å². The van der Waals surface area contributed by atoms with Crippen molar-refractivity contribution >= 4 is 18.5 Å². The molecule has 106 valence electrons. The molecule has 0 unspecified atom stereocenters. The summed E-state index contributed by atoms with van der Waals surface area (Å²) in [5.41, 5.74) is 1.22. The third kappa shape index (κ3) is 6.36. The quantitative estimate of drug-likeness (QED) is 0.795. The van der Waals surface area contributed by atoms with Gasteiger partial charge in [0, 0.05) is 25.4 Å². The van der Waals surface area contributed by atoms with Crippen molar-refractivity contribution in [2.24, 2.45) is 0 Å². The summed E-state index contributed by atoms with van der Waals surface area (Å²) in [6.45, 7) is 2.26. The molecule has 0 fully saturated rings. The van der Waals surface area contributed by atoms with E-state index in [9.17, 15) is 0 Å². The van der Waals surface area contributed by atoms with Gasteiger partial charge in [-0.15, -0.1) is 12.4 Å². The number of aromatic nitrogens is 1. The lowest BCUT2D eigenvalue weighted by Gasteiger charge is -2.04. The summed E-state index contributed by atoms with van der Waals surface area (Å²) in [6.07, 6.45) is 5.94. The van der Waals surface area contributed by atoms with Gasteiger partial charge in [0.05, 0.1) is 0 Å². The molecule has 3 nitrogen and oxygen atoms in total. The van der Waals surface area contributed by atoms with Gasteiger partial charge in [-0.2, -0.15) is 0 Å². The Labute approximate surface area is 126 Å². The maximum atomic E-state index is 5.47. The Bertz CT molecular complexity index is 488. The maximum Gasteiger partial charge on any atom is 0.213 e. The second kappa shape index (κ2) is 10.0.